The topological polar surface area (TPSA) is 49.3 Å². The van der Waals surface area contributed by atoms with Crippen LogP contribution in [0.2, 0.25) is 0 Å². The first-order valence-electron chi connectivity index (χ1n) is 3.77. The predicted molar refractivity (Wildman–Crippen MR) is 56.3 cm³/mol. The number of likely N-dealkylation sites (N-methyl/N-ethyl adjacent to an activating group) is 1. The molecule has 72 valence electrons. The first-order valence-corrected chi connectivity index (χ1v) is 5.38. The minimum atomic E-state index is -0.788. The van der Waals surface area contributed by atoms with Gasteiger partial charge < -0.3 is 10.4 Å². The molecule has 0 aliphatic heterocycles. The normalized spacial score (nSPS) is 12.8. The molecule has 0 aliphatic rings. The number of hydrogen-bond donors (Lipinski definition) is 2. The minimum absolute atomic E-state index is 0.443. The van der Waals surface area contributed by atoms with E-state index < -0.39 is 11.9 Å². The SMILES string of the molecule is CNCC(C(=O)O)c1ccc(Br)s1. The lowest BCUT2D eigenvalue weighted by Crippen LogP contribution is -2.23. The zero-order chi connectivity index (χ0) is 9.84. The number of aliphatic carboxylic acids is 1. The molecule has 1 aromatic rings. The van der Waals surface area contributed by atoms with E-state index in [0.717, 1.165) is 8.66 Å². The van der Waals surface area contributed by atoms with Gasteiger partial charge in [0.2, 0.25) is 0 Å². The summed E-state index contributed by atoms with van der Waals surface area (Å²) >= 11 is 4.77. The van der Waals surface area contributed by atoms with Crippen LogP contribution in [0.25, 0.3) is 0 Å². The van der Waals surface area contributed by atoms with E-state index in [9.17, 15) is 4.79 Å². The Morgan fingerprint density at radius 2 is 2.46 bits per heavy atom. The first kappa shape index (κ1) is 10.7. The van der Waals surface area contributed by atoms with Crippen LogP contribution in [0.15, 0.2) is 15.9 Å². The van der Waals surface area contributed by atoms with Crippen molar-refractivity contribution in [1.82, 2.24) is 5.32 Å². The molecule has 0 amide bonds. The van der Waals surface area contributed by atoms with Crippen LogP contribution >= 0.6 is 27.3 Å². The molecule has 0 aliphatic carbocycles. The number of rotatable bonds is 4. The van der Waals surface area contributed by atoms with Crippen molar-refractivity contribution in [3.63, 3.8) is 0 Å². The molecule has 0 spiro atoms. The highest BCUT2D eigenvalue weighted by molar-refractivity contribution is 9.11. The number of carbonyl (C=O) groups is 1. The van der Waals surface area contributed by atoms with Gasteiger partial charge in [0.15, 0.2) is 0 Å². The third-order valence-electron chi connectivity index (χ3n) is 1.64. The van der Waals surface area contributed by atoms with Gasteiger partial charge in [0, 0.05) is 11.4 Å². The van der Waals surface area contributed by atoms with E-state index in [1.54, 1.807) is 7.05 Å². The van der Waals surface area contributed by atoms with Gasteiger partial charge in [-0.1, -0.05) is 0 Å². The fourth-order valence-electron chi connectivity index (χ4n) is 1.03. The fourth-order valence-corrected chi connectivity index (χ4v) is 2.55. The summed E-state index contributed by atoms with van der Waals surface area (Å²) in [5.74, 6) is -1.23. The van der Waals surface area contributed by atoms with E-state index in [0.29, 0.717) is 6.54 Å². The van der Waals surface area contributed by atoms with Crippen LogP contribution in [0.4, 0.5) is 0 Å². The van der Waals surface area contributed by atoms with Crippen LogP contribution < -0.4 is 5.32 Å². The molecule has 1 aromatic heterocycles. The Morgan fingerprint density at radius 3 is 2.85 bits per heavy atom. The van der Waals surface area contributed by atoms with E-state index in [4.69, 9.17) is 5.11 Å². The molecule has 0 fully saturated rings. The quantitative estimate of drug-likeness (QED) is 0.873. The molecule has 13 heavy (non-hydrogen) atoms. The van der Waals surface area contributed by atoms with Gasteiger partial charge in [-0.05, 0) is 35.1 Å². The van der Waals surface area contributed by atoms with E-state index >= 15 is 0 Å². The van der Waals surface area contributed by atoms with Crippen LogP contribution in [-0.4, -0.2) is 24.7 Å². The van der Waals surface area contributed by atoms with Crippen LogP contribution in [0.1, 0.15) is 10.8 Å². The highest BCUT2D eigenvalue weighted by Crippen LogP contribution is 2.28. The predicted octanol–water partition coefficient (Wildman–Crippen LogP) is 1.90. The third-order valence-corrected chi connectivity index (χ3v) is 3.38. The van der Waals surface area contributed by atoms with Crippen LogP contribution in [-0.2, 0) is 4.79 Å². The van der Waals surface area contributed by atoms with Crippen molar-refractivity contribution in [2.75, 3.05) is 13.6 Å². The van der Waals surface area contributed by atoms with Gasteiger partial charge >= 0.3 is 5.97 Å². The summed E-state index contributed by atoms with van der Waals surface area (Å²) in [4.78, 5) is 11.7. The molecule has 2 N–H and O–H groups in total. The Labute approximate surface area is 88.9 Å². The first-order chi connectivity index (χ1) is 6.15. The van der Waals surface area contributed by atoms with Crippen molar-refractivity contribution in [3.05, 3.63) is 20.8 Å². The second-order valence-electron chi connectivity index (χ2n) is 2.59. The minimum Gasteiger partial charge on any atom is -0.481 e. The molecule has 0 saturated carbocycles. The molecule has 0 saturated heterocycles. The maximum Gasteiger partial charge on any atom is 0.313 e. The lowest BCUT2D eigenvalue weighted by atomic mass is 10.1. The molecule has 0 radical (unpaired) electrons. The average Bonchev–Trinajstić information content (AvgIpc) is 2.46. The highest BCUT2D eigenvalue weighted by atomic mass is 79.9. The van der Waals surface area contributed by atoms with Gasteiger partial charge in [-0.15, -0.1) is 11.3 Å². The molecule has 5 heteroatoms. The summed E-state index contributed by atoms with van der Waals surface area (Å²) < 4.78 is 0.963. The van der Waals surface area contributed by atoms with Crippen molar-refractivity contribution in [3.8, 4) is 0 Å². The Kier molecular flexibility index (Phi) is 3.90. The summed E-state index contributed by atoms with van der Waals surface area (Å²) in [6.45, 7) is 0.461. The average molecular weight is 264 g/mol. The van der Waals surface area contributed by atoms with Gasteiger partial charge in [-0.2, -0.15) is 0 Å². The van der Waals surface area contributed by atoms with Crippen molar-refractivity contribution in [1.29, 1.82) is 0 Å². The molecule has 1 atom stereocenters. The zero-order valence-corrected chi connectivity index (χ0v) is 9.48. The maximum atomic E-state index is 10.9. The molecular weight excluding hydrogens is 254 g/mol. The maximum absolute atomic E-state index is 10.9. The third kappa shape index (κ3) is 2.79. The van der Waals surface area contributed by atoms with Gasteiger partial charge in [-0.3, -0.25) is 4.79 Å². The number of carboxylic acid groups (broad SMARTS) is 1. The Hall–Kier alpha value is -0.390. The summed E-state index contributed by atoms with van der Waals surface area (Å²) in [5, 5.41) is 11.8. The summed E-state index contributed by atoms with van der Waals surface area (Å²) in [6, 6.07) is 3.70. The molecule has 0 aromatic carbocycles. The van der Waals surface area contributed by atoms with Crippen LogP contribution in [0.3, 0.4) is 0 Å². The van der Waals surface area contributed by atoms with Crippen LogP contribution in [0.5, 0.6) is 0 Å². The Balaban J connectivity index is 2.81. The molecule has 0 bridgehead atoms. The monoisotopic (exact) mass is 263 g/mol. The summed E-state index contributed by atoms with van der Waals surface area (Å²) in [6.07, 6.45) is 0. The largest absolute Gasteiger partial charge is 0.481 e. The Morgan fingerprint density at radius 1 is 1.77 bits per heavy atom. The molecular formula is C8H10BrNO2S. The fraction of sp³-hybridized carbons (Fsp3) is 0.375. The standard InChI is InChI=1S/C8H10BrNO2S/c1-10-4-5(8(11)12)6-2-3-7(9)13-6/h2-3,5,10H,4H2,1H3,(H,11,12). The number of carboxylic acids is 1. The number of thiophene rings is 1. The smallest absolute Gasteiger partial charge is 0.313 e. The molecule has 3 nitrogen and oxygen atoms in total. The van der Waals surface area contributed by atoms with Gasteiger partial charge in [-0.25, -0.2) is 0 Å². The summed E-state index contributed by atoms with van der Waals surface area (Å²) in [7, 11) is 1.75. The second kappa shape index (κ2) is 4.74. The molecule has 1 unspecified atom stereocenters. The lowest BCUT2D eigenvalue weighted by molar-refractivity contribution is -0.138. The molecule has 1 rings (SSSR count). The van der Waals surface area contributed by atoms with Crippen LogP contribution in [0, 0.1) is 0 Å². The van der Waals surface area contributed by atoms with E-state index in [1.165, 1.54) is 11.3 Å². The van der Waals surface area contributed by atoms with Gasteiger partial charge in [0.05, 0.1) is 3.79 Å². The van der Waals surface area contributed by atoms with Gasteiger partial charge in [0.1, 0.15) is 5.92 Å². The van der Waals surface area contributed by atoms with Crippen molar-refractivity contribution in [2.24, 2.45) is 0 Å². The number of nitrogens with one attached hydrogen (secondary N) is 1. The zero-order valence-electron chi connectivity index (χ0n) is 7.08. The lowest BCUT2D eigenvalue weighted by Gasteiger charge is -2.08. The van der Waals surface area contributed by atoms with E-state index in [-0.39, 0.29) is 0 Å². The number of halogens is 1. The summed E-state index contributed by atoms with van der Waals surface area (Å²) in [5.41, 5.74) is 0. The second-order valence-corrected chi connectivity index (χ2v) is 5.08. The molecule has 1 heterocycles. The van der Waals surface area contributed by atoms with E-state index in [2.05, 4.69) is 21.2 Å². The van der Waals surface area contributed by atoms with Crippen molar-refractivity contribution >= 4 is 33.2 Å². The van der Waals surface area contributed by atoms with Gasteiger partial charge in [0.25, 0.3) is 0 Å². The van der Waals surface area contributed by atoms with Crippen molar-refractivity contribution < 1.29 is 9.90 Å². The highest BCUT2D eigenvalue weighted by Gasteiger charge is 2.20. The Bertz CT molecular complexity index is 300. The van der Waals surface area contributed by atoms with E-state index in [1.807, 2.05) is 12.1 Å². The van der Waals surface area contributed by atoms with Crippen molar-refractivity contribution in [2.45, 2.75) is 5.92 Å². The number of hydrogen-bond acceptors (Lipinski definition) is 3.